The Labute approximate surface area is 125 Å². The number of aryl methyl sites for hydroxylation is 1. The molecular formula is C18H32N2. The summed E-state index contributed by atoms with van der Waals surface area (Å²) in [6, 6.07) is 9.88. The van der Waals surface area contributed by atoms with Crippen LogP contribution in [0.25, 0.3) is 0 Å². The monoisotopic (exact) mass is 276 g/mol. The van der Waals surface area contributed by atoms with Crippen LogP contribution >= 0.6 is 0 Å². The minimum atomic E-state index is 0.303. The van der Waals surface area contributed by atoms with Crippen LogP contribution in [0.1, 0.15) is 57.7 Å². The lowest BCUT2D eigenvalue weighted by Crippen LogP contribution is -2.33. The second-order valence-electron chi connectivity index (χ2n) is 6.20. The van der Waals surface area contributed by atoms with Crippen LogP contribution in [0, 0.1) is 5.92 Å². The Morgan fingerprint density at radius 3 is 2.15 bits per heavy atom. The largest absolute Gasteiger partial charge is 0.327 e. The fourth-order valence-corrected chi connectivity index (χ4v) is 2.62. The lowest BCUT2D eigenvalue weighted by Gasteiger charge is -2.29. The van der Waals surface area contributed by atoms with E-state index in [-0.39, 0.29) is 0 Å². The van der Waals surface area contributed by atoms with Gasteiger partial charge in [-0.15, -0.1) is 0 Å². The van der Waals surface area contributed by atoms with Crippen LogP contribution < -0.4 is 5.73 Å². The fraction of sp³-hybridized carbons (Fsp3) is 0.667. The highest BCUT2D eigenvalue weighted by Gasteiger charge is 2.16. The third-order valence-electron chi connectivity index (χ3n) is 4.36. The van der Waals surface area contributed by atoms with Gasteiger partial charge in [0.25, 0.3) is 0 Å². The summed E-state index contributed by atoms with van der Waals surface area (Å²) in [5.74, 6) is 0.562. The molecule has 0 fully saturated rings. The first-order valence-electron chi connectivity index (χ1n) is 8.04. The smallest absolute Gasteiger partial charge is 0.0342 e. The van der Waals surface area contributed by atoms with E-state index in [1.54, 1.807) is 0 Å². The first-order valence-corrected chi connectivity index (χ1v) is 8.04. The first kappa shape index (κ1) is 17.2. The van der Waals surface area contributed by atoms with Crippen molar-refractivity contribution in [3.05, 3.63) is 35.4 Å². The van der Waals surface area contributed by atoms with Crippen molar-refractivity contribution in [2.45, 2.75) is 59.0 Å². The Hall–Kier alpha value is -0.860. The molecule has 0 heterocycles. The quantitative estimate of drug-likeness (QED) is 0.777. The molecule has 0 aliphatic heterocycles. The number of nitrogens with zero attached hydrogens (tertiary/aromatic N) is 1. The van der Waals surface area contributed by atoms with Gasteiger partial charge in [0.2, 0.25) is 0 Å². The van der Waals surface area contributed by atoms with E-state index in [0.717, 1.165) is 25.8 Å². The van der Waals surface area contributed by atoms with Gasteiger partial charge in [-0.1, -0.05) is 52.0 Å². The molecule has 0 aliphatic carbocycles. The standard InChI is InChI=1S/C18H32N2/c1-6-15-8-10-16(11-9-15)18(7-2)20(5)13-12-17(19)14(3)4/h8-11,14,17-18H,6-7,12-13,19H2,1-5H3. The highest BCUT2D eigenvalue weighted by molar-refractivity contribution is 5.25. The Morgan fingerprint density at radius 1 is 1.10 bits per heavy atom. The zero-order chi connectivity index (χ0) is 15.1. The Balaban J connectivity index is 2.64. The van der Waals surface area contributed by atoms with Crippen molar-refractivity contribution in [2.24, 2.45) is 11.7 Å². The highest BCUT2D eigenvalue weighted by atomic mass is 15.1. The average Bonchev–Trinajstić information content (AvgIpc) is 2.46. The Bertz CT molecular complexity index is 370. The van der Waals surface area contributed by atoms with Crippen molar-refractivity contribution in [1.29, 1.82) is 0 Å². The van der Waals surface area contributed by atoms with Crippen LogP contribution in [-0.2, 0) is 6.42 Å². The van der Waals surface area contributed by atoms with Gasteiger partial charge < -0.3 is 5.73 Å². The van der Waals surface area contributed by atoms with Crippen LogP contribution in [0.15, 0.2) is 24.3 Å². The molecule has 2 nitrogen and oxygen atoms in total. The molecule has 0 saturated heterocycles. The zero-order valence-electron chi connectivity index (χ0n) is 13.9. The zero-order valence-corrected chi connectivity index (χ0v) is 13.9. The lowest BCUT2D eigenvalue weighted by atomic mass is 9.98. The molecule has 0 bridgehead atoms. The third-order valence-corrected chi connectivity index (χ3v) is 4.36. The summed E-state index contributed by atoms with van der Waals surface area (Å²) in [7, 11) is 2.22. The highest BCUT2D eigenvalue weighted by Crippen LogP contribution is 2.24. The number of hydrogen-bond acceptors (Lipinski definition) is 2. The molecule has 0 spiro atoms. The predicted molar refractivity (Wildman–Crippen MR) is 88.9 cm³/mol. The molecule has 0 amide bonds. The Kier molecular flexibility index (Phi) is 7.25. The molecule has 1 aromatic rings. The van der Waals surface area contributed by atoms with Crippen LogP contribution in [0.2, 0.25) is 0 Å². The molecule has 0 aliphatic rings. The maximum Gasteiger partial charge on any atom is 0.0342 e. The van der Waals surface area contributed by atoms with Gasteiger partial charge in [-0.3, -0.25) is 4.90 Å². The second kappa shape index (κ2) is 8.43. The lowest BCUT2D eigenvalue weighted by molar-refractivity contribution is 0.224. The van der Waals surface area contributed by atoms with Gasteiger partial charge >= 0.3 is 0 Å². The molecule has 1 rings (SSSR count). The maximum absolute atomic E-state index is 6.16. The molecule has 0 radical (unpaired) electrons. The molecule has 0 aromatic heterocycles. The number of hydrogen-bond donors (Lipinski definition) is 1. The topological polar surface area (TPSA) is 29.3 Å². The Morgan fingerprint density at radius 2 is 1.70 bits per heavy atom. The number of rotatable bonds is 8. The van der Waals surface area contributed by atoms with Crippen LogP contribution in [-0.4, -0.2) is 24.5 Å². The van der Waals surface area contributed by atoms with Crippen molar-refractivity contribution in [3.8, 4) is 0 Å². The van der Waals surface area contributed by atoms with Gasteiger partial charge in [0, 0.05) is 12.1 Å². The van der Waals surface area contributed by atoms with E-state index < -0.39 is 0 Å². The SMILES string of the molecule is CCc1ccc(C(CC)N(C)CCC(N)C(C)C)cc1. The van der Waals surface area contributed by atoms with E-state index in [2.05, 4.69) is 63.9 Å². The maximum atomic E-state index is 6.16. The van der Waals surface area contributed by atoms with E-state index in [0.29, 0.717) is 18.0 Å². The molecule has 114 valence electrons. The molecule has 1 aromatic carbocycles. The predicted octanol–water partition coefficient (Wildman–Crippen LogP) is 4.01. The molecule has 2 atom stereocenters. The summed E-state index contributed by atoms with van der Waals surface area (Å²) in [4.78, 5) is 2.45. The van der Waals surface area contributed by atoms with Crippen molar-refractivity contribution in [1.82, 2.24) is 4.90 Å². The van der Waals surface area contributed by atoms with Crippen molar-refractivity contribution < 1.29 is 0 Å². The van der Waals surface area contributed by atoms with Crippen molar-refractivity contribution in [2.75, 3.05) is 13.6 Å². The molecule has 2 unspecified atom stereocenters. The number of benzene rings is 1. The molecular weight excluding hydrogens is 244 g/mol. The average molecular weight is 276 g/mol. The van der Waals surface area contributed by atoms with Gasteiger partial charge in [0.15, 0.2) is 0 Å². The van der Waals surface area contributed by atoms with Gasteiger partial charge in [-0.25, -0.2) is 0 Å². The molecule has 2 heteroatoms. The summed E-state index contributed by atoms with van der Waals surface area (Å²) < 4.78 is 0. The van der Waals surface area contributed by atoms with E-state index in [4.69, 9.17) is 5.73 Å². The van der Waals surface area contributed by atoms with E-state index in [1.807, 2.05) is 0 Å². The fourth-order valence-electron chi connectivity index (χ4n) is 2.62. The molecule has 20 heavy (non-hydrogen) atoms. The summed E-state index contributed by atoms with van der Waals surface area (Å²) >= 11 is 0. The van der Waals surface area contributed by atoms with Crippen molar-refractivity contribution >= 4 is 0 Å². The van der Waals surface area contributed by atoms with Crippen molar-refractivity contribution in [3.63, 3.8) is 0 Å². The minimum Gasteiger partial charge on any atom is -0.327 e. The normalized spacial score (nSPS) is 14.8. The summed E-state index contributed by atoms with van der Waals surface area (Å²) in [6.45, 7) is 9.92. The second-order valence-corrected chi connectivity index (χ2v) is 6.20. The summed E-state index contributed by atoms with van der Waals surface area (Å²) in [5.41, 5.74) is 8.99. The first-order chi connectivity index (χ1) is 9.49. The van der Waals surface area contributed by atoms with Gasteiger partial charge in [-0.2, -0.15) is 0 Å². The third kappa shape index (κ3) is 4.92. The van der Waals surface area contributed by atoms with Crippen LogP contribution in [0.4, 0.5) is 0 Å². The molecule has 2 N–H and O–H groups in total. The summed E-state index contributed by atoms with van der Waals surface area (Å²) in [5, 5.41) is 0. The molecule has 0 saturated carbocycles. The van der Waals surface area contributed by atoms with E-state index in [9.17, 15) is 0 Å². The van der Waals surface area contributed by atoms with Crippen LogP contribution in [0.3, 0.4) is 0 Å². The minimum absolute atomic E-state index is 0.303. The van der Waals surface area contributed by atoms with E-state index in [1.165, 1.54) is 11.1 Å². The van der Waals surface area contributed by atoms with Gasteiger partial charge in [0.1, 0.15) is 0 Å². The summed E-state index contributed by atoms with van der Waals surface area (Å²) in [6.07, 6.45) is 3.31. The van der Waals surface area contributed by atoms with Gasteiger partial charge in [0.05, 0.1) is 0 Å². The van der Waals surface area contributed by atoms with Gasteiger partial charge in [-0.05, 0) is 49.9 Å². The number of nitrogens with two attached hydrogens (primary N) is 1. The van der Waals surface area contributed by atoms with Crippen LogP contribution in [0.5, 0.6) is 0 Å². The van der Waals surface area contributed by atoms with E-state index >= 15 is 0 Å².